The number of rotatable bonds is 8. The van der Waals surface area contributed by atoms with E-state index >= 15 is 0 Å². The molecule has 0 bridgehead atoms. The van der Waals surface area contributed by atoms with Crippen LogP contribution in [0.15, 0.2) is 91.3 Å². The highest BCUT2D eigenvalue weighted by atomic mass is 32.1. The van der Waals surface area contributed by atoms with Crippen molar-refractivity contribution in [3.05, 3.63) is 108 Å². The summed E-state index contributed by atoms with van der Waals surface area (Å²) in [6, 6.07) is 25.5. The third kappa shape index (κ3) is 5.20. The van der Waals surface area contributed by atoms with Gasteiger partial charge in [-0.3, -0.25) is 9.78 Å². The second kappa shape index (κ2) is 10.8. The fraction of sp³-hybridized carbons (Fsp3) is 0.207. The minimum atomic E-state index is -0.162. The van der Waals surface area contributed by atoms with Gasteiger partial charge in [0.05, 0.1) is 30.6 Å². The number of hydrogen-bond acceptors (Lipinski definition) is 4. The highest BCUT2D eigenvalue weighted by Gasteiger charge is 2.41. The number of thiocarbonyl (C=S) groups is 1. The summed E-state index contributed by atoms with van der Waals surface area (Å²) in [6.07, 6.45) is 4.11. The Labute approximate surface area is 222 Å². The Balaban J connectivity index is 1.43. The van der Waals surface area contributed by atoms with Crippen LogP contribution in [0.25, 0.3) is 5.69 Å². The van der Waals surface area contributed by atoms with Crippen LogP contribution in [0.3, 0.4) is 0 Å². The first kappa shape index (κ1) is 24.5. The van der Waals surface area contributed by atoms with Crippen molar-refractivity contribution in [1.29, 1.82) is 0 Å². The summed E-state index contributed by atoms with van der Waals surface area (Å²) in [4.78, 5) is 19.7. The molecule has 0 saturated carbocycles. The van der Waals surface area contributed by atoms with E-state index in [0.717, 1.165) is 17.1 Å². The standard InChI is InChI=1S/C29H29N5O2S/c1-20-12-14-21(15-13-20)33-18-7-10-24(33)28-27(23-9-5-6-17-30-23)32-29(37)34(28)19-16-26(35)31-22-8-3-4-11-25(22)36-2/h3-15,17-18,27-28H,16,19H2,1-2H3,(H,31,35)(H,32,37)/t27-,28+/m1/s1. The summed E-state index contributed by atoms with van der Waals surface area (Å²) in [5, 5.41) is 7.03. The molecule has 37 heavy (non-hydrogen) atoms. The average Bonchev–Trinajstić information content (AvgIpc) is 3.53. The van der Waals surface area contributed by atoms with Crippen LogP contribution in [-0.2, 0) is 4.79 Å². The van der Waals surface area contributed by atoms with E-state index in [4.69, 9.17) is 17.0 Å². The molecular formula is C29H29N5O2S. The number of aromatic nitrogens is 2. The summed E-state index contributed by atoms with van der Waals surface area (Å²) >= 11 is 5.79. The zero-order valence-corrected chi connectivity index (χ0v) is 21.6. The molecule has 1 amide bonds. The van der Waals surface area contributed by atoms with Gasteiger partial charge in [0.15, 0.2) is 5.11 Å². The number of nitrogens with zero attached hydrogens (tertiary/aromatic N) is 3. The second-order valence-corrected chi connectivity index (χ2v) is 9.34. The highest BCUT2D eigenvalue weighted by Crippen LogP contribution is 2.39. The molecule has 2 aromatic carbocycles. The Kier molecular flexibility index (Phi) is 7.18. The number of carbonyl (C=O) groups excluding carboxylic acids is 1. The summed E-state index contributed by atoms with van der Waals surface area (Å²) < 4.78 is 7.55. The number of anilines is 1. The van der Waals surface area contributed by atoms with Gasteiger partial charge >= 0.3 is 0 Å². The van der Waals surface area contributed by atoms with E-state index in [2.05, 4.69) is 68.5 Å². The Hall–Kier alpha value is -4.17. The molecule has 0 radical (unpaired) electrons. The molecule has 1 saturated heterocycles. The second-order valence-electron chi connectivity index (χ2n) is 8.96. The molecule has 0 spiro atoms. The van der Waals surface area contributed by atoms with Gasteiger partial charge in [0.2, 0.25) is 5.91 Å². The molecular weight excluding hydrogens is 482 g/mol. The molecule has 1 aliphatic rings. The molecule has 2 N–H and O–H groups in total. The van der Waals surface area contributed by atoms with Crippen LogP contribution in [0.2, 0.25) is 0 Å². The first-order valence-corrected chi connectivity index (χ1v) is 12.6. The average molecular weight is 512 g/mol. The maximum absolute atomic E-state index is 12.9. The maximum atomic E-state index is 12.9. The smallest absolute Gasteiger partial charge is 0.226 e. The number of benzene rings is 2. The first-order chi connectivity index (χ1) is 18.0. The van der Waals surface area contributed by atoms with E-state index in [1.165, 1.54) is 5.56 Å². The Morgan fingerprint density at radius 2 is 1.84 bits per heavy atom. The predicted octanol–water partition coefficient (Wildman–Crippen LogP) is 5.19. The van der Waals surface area contributed by atoms with Gasteiger partial charge in [-0.05, 0) is 67.7 Å². The monoisotopic (exact) mass is 511 g/mol. The number of nitrogens with one attached hydrogen (secondary N) is 2. The fourth-order valence-corrected chi connectivity index (χ4v) is 5.06. The number of ether oxygens (including phenoxy) is 1. The van der Waals surface area contributed by atoms with Crippen molar-refractivity contribution in [2.75, 3.05) is 19.0 Å². The van der Waals surface area contributed by atoms with Gasteiger partial charge < -0.3 is 24.8 Å². The zero-order valence-electron chi connectivity index (χ0n) is 20.8. The lowest BCUT2D eigenvalue weighted by molar-refractivity contribution is -0.116. The number of para-hydroxylation sites is 2. The maximum Gasteiger partial charge on any atom is 0.226 e. The number of aryl methyl sites for hydroxylation is 1. The van der Waals surface area contributed by atoms with Crippen molar-refractivity contribution in [2.24, 2.45) is 0 Å². The molecule has 0 aliphatic carbocycles. The fourth-order valence-electron chi connectivity index (χ4n) is 4.73. The molecule has 1 aliphatic heterocycles. The number of hydrogen-bond donors (Lipinski definition) is 2. The Morgan fingerprint density at radius 1 is 1.05 bits per heavy atom. The van der Waals surface area contributed by atoms with Crippen LogP contribution in [-0.4, -0.2) is 39.1 Å². The van der Waals surface area contributed by atoms with Crippen molar-refractivity contribution in [3.63, 3.8) is 0 Å². The largest absolute Gasteiger partial charge is 0.495 e. The summed E-state index contributed by atoms with van der Waals surface area (Å²) in [5.41, 5.74) is 4.88. The van der Waals surface area contributed by atoms with Gasteiger partial charge in [0.25, 0.3) is 0 Å². The van der Waals surface area contributed by atoms with E-state index in [-0.39, 0.29) is 24.4 Å². The van der Waals surface area contributed by atoms with Crippen LogP contribution >= 0.6 is 12.2 Å². The van der Waals surface area contributed by atoms with Crippen molar-refractivity contribution in [1.82, 2.24) is 19.8 Å². The lowest BCUT2D eigenvalue weighted by Gasteiger charge is -2.29. The molecule has 7 nitrogen and oxygen atoms in total. The van der Waals surface area contributed by atoms with E-state index in [1.807, 2.05) is 48.5 Å². The van der Waals surface area contributed by atoms with E-state index < -0.39 is 0 Å². The molecule has 5 rings (SSSR count). The highest BCUT2D eigenvalue weighted by molar-refractivity contribution is 7.80. The SMILES string of the molecule is COc1ccccc1NC(=O)CCN1C(=S)N[C@H](c2ccccn2)[C@@H]1c1cccn1-c1ccc(C)cc1. The van der Waals surface area contributed by atoms with Crippen LogP contribution in [0.4, 0.5) is 5.69 Å². The summed E-state index contributed by atoms with van der Waals surface area (Å²) in [7, 11) is 1.59. The predicted molar refractivity (Wildman–Crippen MR) is 149 cm³/mol. The van der Waals surface area contributed by atoms with Crippen LogP contribution < -0.4 is 15.4 Å². The van der Waals surface area contributed by atoms with Gasteiger partial charge in [-0.2, -0.15) is 0 Å². The van der Waals surface area contributed by atoms with Crippen molar-refractivity contribution in [3.8, 4) is 11.4 Å². The van der Waals surface area contributed by atoms with Gasteiger partial charge in [0, 0.05) is 36.7 Å². The normalized spacial score (nSPS) is 16.9. The summed E-state index contributed by atoms with van der Waals surface area (Å²) in [5.74, 6) is 0.513. The minimum absolute atomic E-state index is 0.110. The van der Waals surface area contributed by atoms with Crippen molar-refractivity contribution < 1.29 is 9.53 Å². The Bertz CT molecular complexity index is 1390. The van der Waals surface area contributed by atoms with E-state index in [9.17, 15) is 4.79 Å². The number of pyridine rings is 1. The zero-order chi connectivity index (χ0) is 25.8. The third-order valence-electron chi connectivity index (χ3n) is 6.55. The van der Waals surface area contributed by atoms with Crippen LogP contribution in [0.1, 0.15) is 35.5 Å². The molecule has 4 aromatic rings. The van der Waals surface area contributed by atoms with Crippen molar-refractivity contribution >= 4 is 28.9 Å². The molecule has 8 heteroatoms. The minimum Gasteiger partial charge on any atom is -0.495 e. The first-order valence-electron chi connectivity index (χ1n) is 12.2. The molecule has 2 aromatic heterocycles. The summed E-state index contributed by atoms with van der Waals surface area (Å²) in [6.45, 7) is 2.52. The lowest BCUT2D eigenvalue weighted by Crippen LogP contribution is -2.33. The molecule has 2 atom stereocenters. The molecule has 0 unspecified atom stereocenters. The molecule has 188 valence electrons. The molecule has 3 heterocycles. The number of carbonyl (C=O) groups is 1. The van der Waals surface area contributed by atoms with Gasteiger partial charge in [0.1, 0.15) is 5.75 Å². The van der Waals surface area contributed by atoms with Gasteiger partial charge in [-0.1, -0.05) is 35.9 Å². The molecule has 1 fully saturated rings. The lowest BCUT2D eigenvalue weighted by atomic mass is 10.0. The van der Waals surface area contributed by atoms with Gasteiger partial charge in [-0.15, -0.1) is 0 Å². The van der Waals surface area contributed by atoms with Crippen LogP contribution in [0.5, 0.6) is 5.75 Å². The quantitative estimate of drug-likeness (QED) is 0.317. The third-order valence-corrected chi connectivity index (χ3v) is 6.91. The topological polar surface area (TPSA) is 71.4 Å². The number of amides is 1. The van der Waals surface area contributed by atoms with E-state index in [1.54, 1.807) is 13.3 Å². The van der Waals surface area contributed by atoms with Gasteiger partial charge in [-0.25, -0.2) is 0 Å². The number of methoxy groups -OCH3 is 1. The van der Waals surface area contributed by atoms with Crippen LogP contribution in [0, 0.1) is 6.92 Å². The van der Waals surface area contributed by atoms with Crippen molar-refractivity contribution in [2.45, 2.75) is 25.4 Å². The Morgan fingerprint density at radius 3 is 2.59 bits per heavy atom. The van der Waals surface area contributed by atoms with E-state index in [0.29, 0.717) is 23.1 Å².